The van der Waals surface area contributed by atoms with Crippen molar-refractivity contribution in [1.29, 1.82) is 0 Å². The van der Waals surface area contributed by atoms with Crippen LogP contribution in [0.3, 0.4) is 0 Å². The lowest BCUT2D eigenvalue weighted by Gasteiger charge is -2.26. The minimum absolute atomic E-state index is 0.889. The van der Waals surface area contributed by atoms with Gasteiger partial charge in [0.15, 0.2) is 0 Å². The molecule has 230 valence electrons. The smallest absolute Gasteiger partial charge is 0.136 e. The zero-order valence-corrected chi connectivity index (χ0v) is 26.5. The predicted molar refractivity (Wildman–Crippen MR) is 204 cm³/mol. The van der Waals surface area contributed by atoms with Crippen molar-refractivity contribution in [3.05, 3.63) is 176 Å². The average Bonchev–Trinajstić information content (AvgIpc) is 3.74. The van der Waals surface area contributed by atoms with E-state index >= 15 is 0 Å². The first kappa shape index (κ1) is 27.5. The van der Waals surface area contributed by atoms with Crippen LogP contribution < -0.4 is 4.90 Å². The molecule has 0 unspecified atom stereocenters. The van der Waals surface area contributed by atoms with E-state index in [1.165, 1.54) is 32.8 Å². The minimum Gasteiger partial charge on any atom is -0.456 e. The first-order valence-corrected chi connectivity index (χ1v) is 16.6. The second-order valence-corrected chi connectivity index (χ2v) is 12.6. The molecule has 49 heavy (non-hydrogen) atoms. The maximum atomic E-state index is 6.16. The van der Waals surface area contributed by atoms with Crippen LogP contribution in [-0.2, 0) is 0 Å². The molecular formula is C46H29NO2. The number of nitrogens with zero attached hydrogens (tertiary/aromatic N) is 1. The van der Waals surface area contributed by atoms with Gasteiger partial charge >= 0.3 is 0 Å². The number of rotatable bonds is 5. The lowest BCUT2D eigenvalue weighted by Crippen LogP contribution is -2.09. The molecule has 0 aliphatic rings. The Morgan fingerprint density at radius 1 is 0.306 bits per heavy atom. The van der Waals surface area contributed by atoms with Gasteiger partial charge in [-0.2, -0.15) is 0 Å². The Bertz CT molecular complexity index is 2840. The van der Waals surface area contributed by atoms with E-state index in [-0.39, 0.29) is 0 Å². The fraction of sp³-hybridized carbons (Fsp3) is 0. The molecule has 0 saturated heterocycles. The Balaban J connectivity index is 1.06. The molecule has 0 saturated carbocycles. The van der Waals surface area contributed by atoms with E-state index in [1.54, 1.807) is 0 Å². The standard InChI is InChI=1S/C46H29NO2/c1-2-13-35(14-3-1)47(37-22-25-44-41(29-37)39-16-4-6-18-42(39)48-44)36-15-9-12-32(28-36)30-10-8-11-31(26-30)33-20-23-38-34(27-33)21-24-45-46(38)40-17-5-7-19-43(40)49-45/h1-29H. The SMILES string of the molecule is c1ccc(N(c2cccc(-c3cccc(-c4ccc5c(ccc6oc7ccccc7c65)c4)c3)c2)c2ccc3oc4ccccc4c3c2)cc1. The van der Waals surface area contributed by atoms with Crippen molar-refractivity contribution in [2.24, 2.45) is 0 Å². The van der Waals surface area contributed by atoms with E-state index in [2.05, 4.69) is 157 Å². The molecule has 0 atom stereocenters. The largest absolute Gasteiger partial charge is 0.456 e. The topological polar surface area (TPSA) is 29.5 Å². The van der Waals surface area contributed by atoms with Gasteiger partial charge in [0.1, 0.15) is 22.3 Å². The highest BCUT2D eigenvalue weighted by Crippen LogP contribution is 2.41. The summed E-state index contributed by atoms with van der Waals surface area (Å²) in [7, 11) is 0. The highest BCUT2D eigenvalue weighted by Gasteiger charge is 2.16. The predicted octanol–water partition coefficient (Wildman–Crippen LogP) is 13.4. The van der Waals surface area contributed by atoms with E-state index in [0.717, 1.165) is 61.1 Å². The molecule has 0 amide bonds. The summed E-state index contributed by atoms with van der Waals surface area (Å²) in [5, 5.41) is 6.96. The third-order valence-corrected chi connectivity index (χ3v) is 9.62. The Morgan fingerprint density at radius 2 is 0.898 bits per heavy atom. The molecule has 2 aromatic heterocycles. The summed E-state index contributed by atoms with van der Waals surface area (Å²) in [5.74, 6) is 0. The van der Waals surface area contributed by atoms with E-state index in [4.69, 9.17) is 8.83 Å². The van der Waals surface area contributed by atoms with Gasteiger partial charge in [0.05, 0.1) is 0 Å². The van der Waals surface area contributed by atoms with Crippen LogP contribution >= 0.6 is 0 Å². The number of fused-ring (bicyclic) bond motifs is 8. The minimum atomic E-state index is 0.889. The maximum Gasteiger partial charge on any atom is 0.136 e. The van der Waals surface area contributed by atoms with Gasteiger partial charge in [-0.3, -0.25) is 0 Å². The monoisotopic (exact) mass is 627 g/mol. The van der Waals surface area contributed by atoms with E-state index < -0.39 is 0 Å². The molecule has 0 spiro atoms. The van der Waals surface area contributed by atoms with Gasteiger partial charge < -0.3 is 13.7 Å². The van der Waals surface area contributed by atoms with Crippen LogP contribution in [0.2, 0.25) is 0 Å². The van der Waals surface area contributed by atoms with Crippen molar-refractivity contribution in [3.8, 4) is 22.3 Å². The molecule has 0 bridgehead atoms. The van der Waals surface area contributed by atoms with Crippen molar-refractivity contribution >= 4 is 71.7 Å². The fourth-order valence-electron chi connectivity index (χ4n) is 7.31. The van der Waals surface area contributed by atoms with E-state index in [9.17, 15) is 0 Å². The molecule has 0 radical (unpaired) electrons. The summed E-state index contributed by atoms with van der Waals surface area (Å²) in [4.78, 5) is 2.32. The third kappa shape index (κ3) is 4.59. The first-order chi connectivity index (χ1) is 24.3. The third-order valence-electron chi connectivity index (χ3n) is 9.62. The molecule has 2 heterocycles. The molecule has 0 aliphatic heterocycles. The summed E-state index contributed by atoms with van der Waals surface area (Å²) in [5.41, 5.74) is 11.6. The van der Waals surface area contributed by atoms with Crippen molar-refractivity contribution < 1.29 is 8.83 Å². The van der Waals surface area contributed by atoms with Crippen LogP contribution in [0.1, 0.15) is 0 Å². The van der Waals surface area contributed by atoms with Crippen molar-refractivity contribution in [1.82, 2.24) is 0 Å². The second kappa shape index (κ2) is 11.0. The Labute approximate surface area is 282 Å². The van der Waals surface area contributed by atoms with Crippen LogP contribution in [-0.4, -0.2) is 0 Å². The fourth-order valence-corrected chi connectivity index (χ4v) is 7.31. The van der Waals surface area contributed by atoms with Gasteiger partial charge in [-0.15, -0.1) is 0 Å². The number of benzene rings is 8. The van der Waals surface area contributed by atoms with Gasteiger partial charge in [-0.1, -0.05) is 103 Å². The molecule has 10 aromatic rings. The number of furan rings is 2. The molecule has 3 nitrogen and oxygen atoms in total. The molecule has 10 rings (SSSR count). The highest BCUT2D eigenvalue weighted by molar-refractivity contribution is 6.19. The highest BCUT2D eigenvalue weighted by atomic mass is 16.3. The van der Waals surface area contributed by atoms with Gasteiger partial charge in [-0.05, 0) is 106 Å². The normalized spacial score (nSPS) is 11.7. The van der Waals surface area contributed by atoms with Crippen molar-refractivity contribution in [2.45, 2.75) is 0 Å². The zero-order valence-electron chi connectivity index (χ0n) is 26.5. The number of para-hydroxylation sites is 3. The van der Waals surface area contributed by atoms with Gasteiger partial charge in [0, 0.05) is 38.6 Å². The quantitative estimate of drug-likeness (QED) is 0.190. The summed E-state index contributed by atoms with van der Waals surface area (Å²) in [6, 6.07) is 62.2. The molecule has 0 N–H and O–H groups in total. The summed E-state index contributed by atoms with van der Waals surface area (Å²) in [6.45, 7) is 0. The maximum absolute atomic E-state index is 6.16. The van der Waals surface area contributed by atoms with Crippen LogP contribution in [0.5, 0.6) is 0 Å². The second-order valence-electron chi connectivity index (χ2n) is 12.6. The number of hydrogen-bond acceptors (Lipinski definition) is 3. The van der Waals surface area contributed by atoms with Crippen LogP contribution in [0, 0.1) is 0 Å². The Morgan fingerprint density at radius 3 is 1.73 bits per heavy atom. The van der Waals surface area contributed by atoms with Crippen molar-refractivity contribution in [2.75, 3.05) is 4.90 Å². The lowest BCUT2D eigenvalue weighted by molar-refractivity contribution is 0.668. The Hall–Kier alpha value is -6.58. The zero-order chi connectivity index (χ0) is 32.3. The summed E-state index contributed by atoms with van der Waals surface area (Å²) in [6.07, 6.45) is 0. The first-order valence-electron chi connectivity index (χ1n) is 16.6. The molecule has 0 aliphatic carbocycles. The molecule has 3 heteroatoms. The van der Waals surface area contributed by atoms with Crippen LogP contribution in [0.25, 0.3) is 76.9 Å². The van der Waals surface area contributed by atoms with Crippen LogP contribution in [0.4, 0.5) is 17.1 Å². The summed E-state index contributed by atoms with van der Waals surface area (Å²) >= 11 is 0. The number of anilines is 3. The molecule has 0 fully saturated rings. The van der Waals surface area contributed by atoms with Crippen LogP contribution in [0.15, 0.2) is 185 Å². The van der Waals surface area contributed by atoms with E-state index in [0.29, 0.717) is 0 Å². The summed E-state index contributed by atoms with van der Waals surface area (Å²) < 4.78 is 12.3. The van der Waals surface area contributed by atoms with Gasteiger partial charge in [0.25, 0.3) is 0 Å². The molecule has 8 aromatic carbocycles. The van der Waals surface area contributed by atoms with E-state index in [1.807, 2.05) is 24.3 Å². The van der Waals surface area contributed by atoms with Gasteiger partial charge in [0.2, 0.25) is 0 Å². The lowest BCUT2D eigenvalue weighted by atomic mass is 9.96. The Kier molecular flexibility index (Phi) is 6.18. The van der Waals surface area contributed by atoms with Gasteiger partial charge in [-0.25, -0.2) is 0 Å². The molecular weight excluding hydrogens is 599 g/mol. The average molecular weight is 628 g/mol. The van der Waals surface area contributed by atoms with Crippen molar-refractivity contribution in [3.63, 3.8) is 0 Å². The number of hydrogen-bond donors (Lipinski definition) is 0.